The lowest BCUT2D eigenvalue weighted by Crippen LogP contribution is -2.39. The van der Waals surface area contributed by atoms with E-state index in [0.29, 0.717) is 29.2 Å². The third kappa shape index (κ3) is 6.49. The smallest absolute Gasteiger partial charge is 0.410 e. The van der Waals surface area contributed by atoms with Gasteiger partial charge in [0.15, 0.2) is 0 Å². The molecule has 0 bridgehead atoms. The molecule has 2 amide bonds. The highest BCUT2D eigenvalue weighted by Crippen LogP contribution is 2.41. The quantitative estimate of drug-likeness (QED) is 0.223. The van der Waals surface area contributed by atoms with Crippen molar-refractivity contribution in [2.24, 2.45) is 0 Å². The summed E-state index contributed by atoms with van der Waals surface area (Å²) in [5.41, 5.74) is 7.82. The number of hydrogen-bond donors (Lipinski definition) is 2. The Kier molecular flexibility index (Phi) is 8.32. The number of carbonyl (C=O) groups excluding carboxylic acids is 3. The summed E-state index contributed by atoms with van der Waals surface area (Å²) >= 11 is 2.68. The Bertz CT molecular complexity index is 1320. The van der Waals surface area contributed by atoms with Crippen LogP contribution in [0.1, 0.15) is 52.4 Å². The molecule has 3 aromatic rings. The number of nitrogens with two attached hydrogens (primary N) is 1. The molecule has 1 aliphatic heterocycles. The summed E-state index contributed by atoms with van der Waals surface area (Å²) < 4.78 is 10.6. The summed E-state index contributed by atoms with van der Waals surface area (Å²) in [5.74, 6) is -0.795. The third-order valence-electron chi connectivity index (χ3n) is 5.81. The molecule has 1 unspecified atom stereocenters. The Labute approximate surface area is 230 Å². The van der Waals surface area contributed by atoms with Gasteiger partial charge in [-0.25, -0.2) is 9.59 Å². The summed E-state index contributed by atoms with van der Waals surface area (Å²) in [5, 5.41) is 2.83. The molecule has 200 valence electrons. The molecule has 1 aliphatic rings. The van der Waals surface area contributed by atoms with Gasteiger partial charge in [-0.2, -0.15) is 0 Å². The standard InChI is InChI=1S/C28H31N3O5S2/c1-28(2,3)36-27(34)31-15-14-20-21(16-31)38-25(22(20)26(33)35-4)30-24(32)23(17-8-6-5-7-9-17)37-19-12-10-18(29)11-13-19/h5-13,23H,14-16,29H2,1-4H3,(H,30,32). The zero-order valence-corrected chi connectivity index (χ0v) is 23.4. The van der Waals surface area contributed by atoms with Crippen molar-refractivity contribution < 1.29 is 23.9 Å². The van der Waals surface area contributed by atoms with Crippen molar-refractivity contribution in [2.45, 2.75) is 49.5 Å². The summed E-state index contributed by atoms with van der Waals surface area (Å²) in [7, 11) is 1.32. The van der Waals surface area contributed by atoms with Crippen LogP contribution in [0.3, 0.4) is 0 Å². The molecule has 2 aromatic carbocycles. The van der Waals surface area contributed by atoms with Crippen LogP contribution in [0.15, 0.2) is 59.5 Å². The van der Waals surface area contributed by atoms with Crippen molar-refractivity contribution >= 4 is 51.8 Å². The number of amides is 2. The molecule has 0 aliphatic carbocycles. The lowest BCUT2D eigenvalue weighted by molar-refractivity contribution is -0.115. The van der Waals surface area contributed by atoms with Crippen LogP contribution in [-0.2, 0) is 27.2 Å². The van der Waals surface area contributed by atoms with E-state index in [4.69, 9.17) is 15.2 Å². The number of benzene rings is 2. The fraction of sp³-hybridized carbons (Fsp3) is 0.321. The summed E-state index contributed by atoms with van der Waals surface area (Å²) in [4.78, 5) is 42.5. The Morgan fingerprint density at radius 2 is 1.76 bits per heavy atom. The number of nitrogens with zero attached hydrogens (tertiary/aromatic N) is 1. The number of carbonyl (C=O) groups is 3. The number of hydrogen-bond acceptors (Lipinski definition) is 8. The summed E-state index contributed by atoms with van der Waals surface area (Å²) in [6.07, 6.45) is 0.0408. The largest absolute Gasteiger partial charge is 0.465 e. The molecule has 4 rings (SSSR count). The molecule has 8 nitrogen and oxygen atoms in total. The monoisotopic (exact) mass is 553 g/mol. The zero-order chi connectivity index (χ0) is 27.4. The number of fused-ring (bicyclic) bond motifs is 1. The SMILES string of the molecule is COC(=O)c1c(NC(=O)C(Sc2ccc(N)cc2)c2ccccc2)sc2c1CCN(C(=O)OC(C)(C)C)C2. The number of rotatable bonds is 6. The predicted octanol–water partition coefficient (Wildman–Crippen LogP) is 5.88. The number of nitrogens with one attached hydrogen (secondary N) is 1. The number of ether oxygens (including phenoxy) is 2. The Morgan fingerprint density at radius 3 is 2.39 bits per heavy atom. The molecule has 38 heavy (non-hydrogen) atoms. The van der Waals surface area contributed by atoms with Crippen molar-refractivity contribution in [3.8, 4) is 0 Å². The number of thiophene rings is 1. The lowest BCUT2D eigenvalue weighted by Gasteiger charge is -2.30. The minimum atomic E-state index is -0.613. The van der Waals surface area contributed by atoms with Crippen molar-refractivity contribution in [1.29, 1.82) is 0 Å². The average Bonchev–Trinajstić information content (AvgIpc) is 3.24. The predicted molar refractivity (Wildman–Crippen MR) is 151 cm³/mol. The second-order valence-electron chi connectivity index (χ2n) is 9.82. The molecule has 3 N–H and O–H groups in total. The summed E-state index contributed by atoms with van der Waals surface area (Å²) in [6.45, 7) is 6.15. The fourth-order valence-electron chi connectivity index (χ4n) is 4.05. The number of thioether (sulfide) groups is 1. The summed E-state index contributed by atoms with van der Waals surface area (Å²) in [6, 6.07) is 16.8. The molecule has 10 heteroatoms. The van der Waals surface area contributed by atoms with Gasteiger partial charge in [-0.15, -0.1) is 23.1 Å². The van der Waals surface area contributed by atoms with Gasteiger partial charge in [-0.05, 0) is 62.6 Å². The van der Waals surface area contributed by atoms with Gasteiger partial charge < -0.3 is 25.4 Å². The van der Waals surface area contributed by atoms with Crippen LogP contribution in [0.25, 0.3) is 0 Å². The van der Waals surface area contributed by atoms with Crippen molar-refractivity contribution in [1.82, 2.24) is 4.90 Å². The van der Waals surface area contributed by atoms with E-state index >= 15 is 0 Å². The second kappa shape index (κ2) is 11.5. The van der Waals surface area contributed by atoms with E-state index in [1.54, 1.807) is 17.0 Å². The first-order valence-electron chi connectivity index (χ1n) is 12.1. The van der Waals surface area contributed by atoms with Gasteiger partial charge in [0.2, 0.25) is 5.91 Å². The first kappa shape index (κ1) is 27.5. The van der Waals surface area contributed by atoms with Crippen LogP contribution in [0.4, 0.5) is 15.5 Å². The van der Waals surface area contributed by atoms with Gasteiger partial charge in [0.05, 0.1) is 19.2 Å². The molecule has 0 spiro atoms. The van der Waals surface area contributed by atoms with Crippen molar-refractivity contribution in [3.05, 3.63) is 76.2 Å². The van der Waals surface area contributed by atoms with E-state index < -0.39 is 22.9 Å². The van der Waals surface area contributed by atoms with Crippen LogP contribution in [0.2, 0.25) is 0 Å². The van der Waals surface area contributed by atoms with Gasteiger partial charge in [-0.1, -0.05) is 30.3 Å². The Balaban J connectivity index is 1.62. The Morgan fingerprint density at radius 1 is 1.08 bits per heavy atom. The van der Waals surface area contributed by atoms with Crippen molar-refractivity contribution in [2.75, 3.05) is 24.7 Å². The van der Waals surface area contributed by atoms with E-state index in [1.165, 1.54) is 30.2 Å². The van der Waals surface area contributed by atoms with Gasteiger partial charge in [0.1, 0.15) is 15.9 Å². The first-order valence-corrected chi connectivity index (χ1v) is 13.8. The van der Waals surface area contributed by atoms with Gasteiger partial charge in [0.25, 0.3) is 0 Å². The maximum Gasteiger partial charge on any atom is 0.410 e. The van der Waals surface area contributed by atoms with Crippen LogP contribution < -0.4 is 11.1 Å². The number of nitrogen functional groups attached to an aromatic ring is 1. The topological polar surface area (TPSA) is 111 Å². The fourth-order valence-corrected chi connectivity index (χ4v) is 6.33. The van der Waals surface area contributed by atoms with E-state index in [1.807, 2.05) is 63.2 Å². The Hall–Kier alpha value is -3.50. The molecule has 0 radical (unpaired) electrons. The van der Waals surface area contributed by atoms with Gasteiger partial charge >= 0.3 is 12.1 Å². The van der Waals surface area contributed by atoms with Gasteiger partial charge in [-0.3, -0.25) is 4.79 Å². The van der Waals surface area contributed by atoms with Crippen LogP contribution in [0.5, 0.6) is 0 Å². The van der Waals surface area contributed by atoms with Crippen molar-refractivity contribution in [3.63, 3.8) is 0 Å². The minimum absolute atomic E-state index is 0.272. The normalized spacial score (nSPS) is 13.8. The van der Waals surface area contributed by atoms with Crippen LogP contribution in [0, 0.1) is 0 Å². The molecule has 0 fully saturated rings. The molecular formula is C28H31N3O5S2. The highest BCUT2D eigenvalue weighted by Gasteiger charge is 2.33. The number of anilines is 2. The molecule has 0 saturated carbocycles. The maximum atomic E-state index is 13.7. The minimum Gasteiger partial charge on any atom is -0.465 e. The molecule has 1 atom stereocenters. The first-order chi connectivity index (χ1) is 18.1. The van der Waals surface area contributed by atoms with E-state index in [2.05, 4.69) is 5.32 Å². The number of esters is 1. The van der Waals surface area contributed by atoms with E-state index in [9.17, 15) is 14.4 Å². The molecule has 2 heterocycles. The zero-order valence-electron chi connectivity index (χ0n) is 21.8. The average molecular weight is 554 g/mol. The number of methoxy groups -OCH3 is 1. The highest BCUT2D eigenvalue weighted by atomic mass is 32.2. The van der Waals surface area contributed by atoms with E-state index in [-0.39, 0.29) is 12.5 Å². The van der Waals surface area contributed by atoms with Crippen LogP contribution in [-0.4, -0.2) is 42.1 Å². The highest BCUT2D eigenvalue weighted by molar-refractivity contribution is 8.00. The third-order valence-corrected chi connectivity index (χ3v) is 8.21. The van der Waals surface area contributed by atoms with Crippen LogP contribution >= 0.6 is 23.1 Å². The lowest BCUT2D eigenvalue weighted by atomic mass is 10.0. The maximum absolute atomic E-state index is 13.7. The molecule has 1 aromatic heterocycles. The second-order valence-corrected chi connectivity index (χ2v) is 12.1. The van der Waals surface area contributed by atoms with E-state index in [0.717, 1.165) is 20.9 Å². The molecular weight excluding hydrogens is 522 g/mol. The molecule has 0 saturated heterocycles. The van der Waals surface area contributed by atoms with Gasteiger partial charge in [0, 0.05) is 22.0 Å².